The van der Waals surface area contributed by atoms with Gasteiger partial charge in [0.05, 0.1) is 0 Å². The molecule has 0 aliphatic heterocycles. The molecule has 0 amide bonds. The molecule has 0 atom stereocenters. The second kappa shape index (κ2) is 11.2. The quantitative estimate of drug-likeness (QED) is 0.134. The Morgan fingerprint density at radius 2 is 0.784 bits per heavy atom. The van der Waals surface area contributed by atoms with Crippen LogP contribution in [0, 0.1) is 0 Å². The van der Waals surface area contributed by atoms with E-state index in [2.05, 4.69) is 146 Å². The van der Waals surface area contributed by atoms with Gasteiger partial charge in [-0.25, -0.2) is 0 Å². The Bertz CT molecular complexity index is 3010. The van der Waals surface area contributed by atoms with E-state index in [9.17, 15) is 0 Å². The maximum absolute atomic E-state index is 6.02. The summed E-state index contributed by atoms with van der Waals surface area (Å²) < 4.78 is 14.9. The van der Waals surface area contributed by atoms with E-state index in [1.54, 1.807) is 12.5 Å². The fraction of sp³-hybridized carbons (Fsp3) is 0. The first-order valence-electron chi connectivity index (χ1n) is 17.2. The van der Waals surface area contributed by atoms with Gasteiger partial charge in [0.2, 0.25) is 0 Å². The molecule has 51 heavy (non-hydrogen) atoms. The van der Waals surface area contributed by atoms with Crippen LogP contribution in [-0.2, 0) is 0 Å². The van der Waals surface area contributed by atoms with Gasteiger partial charge in [-0.05, 0) is 0 Å². The van der Waals surface area contributed by atoms with E-state index in [4.69, 9.17) is 8.83 Å². The minimum absolute atomic E-state index is 0.110. The van der Waals surface area contributed by atoms with Crippen molar-refractivity contribution in [2.45, 2.75) is 0 Å². The molecule has 0 spiro atoms. The summed E-state index contributed by atoms with van der Waals surface area (Å²) in [5, 5.41) is 12.5. The van der Waals surface area contributed by atoms with Crippen LogP contribution < -0.4 is 0 Å². The number of hydrogen-bond donors (Lipinski definition) is 0. The number of benzene rings is 8. The molecule has 0 radical (unpaired) electrons. The summed E-state index contributed by atoms with van der Waals surface area (Å²) >= 11 is 0.110. The van der Waals surface area contributed by atoms with Crippen LogP contribution in [0.5, 0.6) is 0 Å². The molecule has 0 saturated heterocycles. The Morgan fingerprint density at radius 1 is 0.333 bits per heavy atom. The van der Waals surface area contributed by atoms with Crippen molar-refractivity contribution in [3.05, 3.63) is 170 Å². The van der Waals surface area contributed by atoms with Gasteiger partial charge in [0.25, 0.3) is 0 Å². The molecule has 0 bridgehead atoms. The van der Waals surface area contributed by atoms with E-state index in [0.717, 1.165) is 22.6 Å². The van der Waals surface area contributed by atoms with Crippen molar-refractivity contribution < 1.29 is 8.83 Å². The van der Waals surface area contributed by atoms with Crippen molar-refractivity contribution in [3.8, 4) is 44.9 Å². The topological polar surface area (TPSA) is 26.3 Å². The molecule has 0 N–H and O–H groups in total. The predicted octanol–water partition coefficient (Wildman–Crippen LogP) is 13.5. The number of fused-ring (bicyclic) bond motifs is 7. The van der Waals surface area contributed by atoms with Gasteiger partial charge in [-0.2, -0.15) is 0 Å². The summed E-state index contributed by atoms with van der Waals surface area (Å²) in [6, 6.07) is 57.3. The SMILES string of the molecule is c1coc(-c2c3ccccc3c(-c3ccc4c(c3)[se]c3c(-c5c6ccccc6c(-c6ccco6)c6ccccc56)cccc34)c3ccccc23)c1. The van der Waals surface area contributed by atoms with Crippen molar-refractivity contribution >= 4 is 76.9 Å². The summed E-state index contributed by atoms with van der Waals surface area (Å²) in [7, 11) is 0. The zero-order valence-corrected chi connectivity index (χ0v) is 29.1. The van der Waals surface area contributed by atoms with Gasteiger partial charge in [-0.3, -0.25) is 0 Å². The third-order valence-corrected chi connectivity index (χ3v) is 13.0. The van der Waals surface area contributed by atoms with Gasteiger partial charge in [0, 0.05) is 0 Å². The molecule has 0 aliphatic rings. The molecule has 11 rings (SSSR count). The van der Waals surface area contributed by atoms with Crippen molar-refractivity contribution in [3.63, 3.8) is 0 Å². The molecule has 3 aromatic heterocycles. The van der Waals surface area contributed by atoms with Crippen LogP contribution in [0.1, 0.15) is 0 Å². The Balaban J connectivity index is 1.18. The zero-order chi connectivity index (χ0) is 33.5. The summed E-state index contributed by atoms with van der Waals surface area (Å²) in [5.41, 5.74) is 7.45. The molecule has 238 valence electrons. The van der Waals surface area contributed by atoms with E-state index in [1.165, 1.54) is 84.6 Å². The van der Waals surface area contributed by atoms with Crippen LogP contribution in [0.25, 0.3) is 107 Å². The molecule has 0 fully saturated rings. The molecular formula is C48H28O2Se. The third kappa shape index (κ3) is 4.23. The van der Waals surface area contributed by atoms with Gasteiger partial charge in [-0.15, -0.1) is 0 Å². The summed E-state index contributed by atoms with van der Waals surface area (Å²) in [5.74, 6) is 1.79. The number of rotatable bonds is 4. The normalized spacial score (nSPS) is 11.9. The Labute approximate surface area is 299 Å². The first-order chi connectivity index (χ1) is 25.3. The maximum atomic E-state index is 6.02. The van der Waals surface area contributed by atoms with Crippen LogP contribution >= 0.6 is 0 Å². The van der Waals surface area contributed by atoms with Crippen molar-refractivity contribution in [1.82, 2.24) is 0 Å². The van der Waals surface area contributed by atoms with Gasteiger partial charge >= 0.3 is 301 Å². The summed E-state index contributed by atoms with van der Waals surface area (Å²) in [4.78, 5) is 0. The number of hydrogen-bond acceptors (Lipinski definition) is 2. The third-order valence-electron chi connectivity index (χ3n) is 10.5. The standard InChI is InChI=1S/C48H28O2Se/c1-5-16-35-31(12-1)44(32-13-2-6-17-36(32)46(35)41-22-10-26-49-41)29-24-25-30-39-20-9-21-40(48(39)51-43(30)28-29)45-33-14-3-7-18-37(33)47(42-23-11-27-50-42)38-19-8-4-15-34(38)45/h1-28H. The van der Waals surface area contributed by atoms with Crippen molar-refractivity contribution in [2.24, 2.45) is 0 Å². The molecule has 3 heteroatoms. The van der Waals surface area contributed by atoms with E-state index in [0.29, 0.717) is 0 Å². The van der Waals surface area contributed by atoms with Crippen LogP contribution in [0.4, 0.5) is 0 Å². The van der Waals surface area contributed by atoms with E-state index < -0.39 is 0 Å². The molecule has 8 aromatic carbocycles. The Kier molecular flexibility index (Phi) is 6.30. The number of furan rings is 2. The molecule has 2 nitrogen and oxygen atoms in total. The van der Waals surface area contributed by atoms with Gasteiger partial charge in [0.1, 0.15) is 0 Å². The van der Waals surface area contributed by atoms with Crippen molar-refractivity contribution in [1.29, 1.82) is 0 Å². The molecule has 0 aliphatic carbocycles. The second-order valence-electron chi connectivity index (χ2n) is 13.1. The first kappa shape index (κ1) is 28.7. The monoisotopic (exact) mass is 716 g/mol. The van der Waals surface area contributed by atoms with Gasteiger partial charge in [-0.1, -0.05) is 0 Å². The molecule has 11 aromatic rings. The fourth-order valence-corrected chi connectivity index (χ4v) is 11.0. The zero-order valence-electron chi connectivity index (χ0n) is 27.4. The summed E-state index contributed by atoms with van der Waals surface area (Å²) in [6.07, 6.45) is 3.53. The van der Waals surface area contributed by atoms with Crippen molar-refractivity contribution in [2.75, 3.05) is 0 Å². The first-order valence-corrected chi connectivity index (χ1v) is 19.0. The molecular weight excluding hydrogens is 687 g/mol. The Morgan fingerprint density at radius 3 is 1.25 bits per heavy atom. The average Bonchev–Trinajstić information content (AvgIpc) is 3.98. The Hall–Kier alpha value is -6.12. The van der Waals surface area contributed by atoms with E-state index in [1.807, 2.05) is 12.1 Å². The van der Waals surface area contributed by atoms with Gasteiger partial charge < -0.3 is 0 Å². The molecule has 3 heterocycles. The molecule has 0 saturated carbocycles. The van der Waals surface area contributed by atoms with E-state index >= 15 is 0 Å². The summed E-state index contributed by atoms with van der Waals surface area (Å²) in [6.45, 7) is 0. The van der Waals surface area contributed by atoms with Crippen LogP contribution in [-0.4, -0.2) is 14.5 Å². The minimum atomic E-state index is 0.110. The fourth-order valence-electron chi connectivity index (χ4n) is 8.38. The predicted molar refractivity (Wildman–Crippen MR) is 215 cm³/mol. The van der Waals surface area contributed by atoms with Crippen LogP contribution in [0.15, 0.2) is 179 Å². The second-order valence-corrected chi connectivity index (χ2v) is 15.3. The van der Waals surface area contributed by atoms with Gasteiger partial charge in [0.15, 0.2) is 0 Å². The van der Waals surface area contributed by atoms with E-state index in [-0.39, 0.29) is 14.5 Å². The van der Waals surface area contributed by atoms with Crippen LogP contribution in [0.3, 0.4) is 0 Å². The average molecular weight is 716 g/mol. The van der Waals surface area contributed by atoms with Crippen LogP contribution in [0.2, 0.25) is 0 Å². The molecule has 0 unspecified atom stereocenters.